The Balaban J connectivity index is 1.48. The van der Waals surface area contributed by atoms with Crippen LogP contribution in [0.3, 0.4) is 0 Å². The lowest BCUT2D eigenvalue weighted by Gasteiger charge is -2.40. The molecular formula is C21H21F3N2O5S. The lowest BCUT2D eigenvalue weighted by molar-refractivity contribution is -0.274. The van der Waals surface area contributed by atoms with E-state index < -0.39 is 28.2 Å². The van der Waals surface area contributed by atoms with Gasteiger partial charge >= 0.3 is 12.5 Å². The molecule has 0 bridgehead atoms. The van der Waals surface area contributed by atoms with E-state index in [1.165, 1.54) is 4.31 Å². The van der Waals surface area contributed by atoms with Crippen LogP contribution in [0.15, 0.2) is 47.4 Å². The number of para-hydroxylation sites is 1. The Morgan fingerprint density at radius 3 is 2.34 bits per heavy atom. The van der Waals surface area contributed by atoms with Crippen LogP contribution in [-0.4, -0.2) is 44.3 Å². The Bertz CT molecular complexity index is 1110. The number of sulfonamides is 1. The number of carbonyl (C=O) groups excluding carboxylic acids is 1. The quantitative estimate of drug-likeness (QED) is 0.670. The van der Waals surface area contributed by atoms with E-state index in [-0.39, 0.29) is 30.6 Å². The van der Waals surface area contributed by atoms with E-state index in [1.807, 2.05) is 25.1 Å². The van der Waals surface area contributed by atoms with Crippen LogP contribution in [0.4, 0.5) is 23.7 Å². The van der Waals surface area contributed by atoms with Gasteiger partial charge in [-0.05, 0) is 49.6 Å². The van der Waals surface area contributed by atoms with Crippen LogP contribution < -0.4 is 9.64 Å². The average molecular weight is 470 g/mol. The molecule has 0 spiro atoms. The standard InChI is InChI=1S/C21H21F3N2O5S/c1-14-3-2-4-15-13-30-20(27)26(19(14)15)16-9-11-25(12-10-16)32(28,29)18-7-5-17(6-8-18)31-21(22,23)24/h2-8,16H,9-13H2,1H3. The van der Waals surface area contributed by atoms with Gasteiger partial charge < -0.3 is 9.47 Å². The normalized spacial score (nSPS) is 18.2. The molecule has 0 N–H and O–H groups in total. The largest absolute Gasteiger partial charge is 0.573 e. The van der Waals surface area contributed by atoms with Crippen molar-refractivity contribution in [3.05, 3.63) is 53.6 Å². The molecule has 11 heteroatoms. The first-order valence-corrected chi connectivity index (χ1v) is 11.4. The summed E-state index contributed by atoms with van der Waals surface area (Å²) in [7, 11) is -3.90. The van der Waals surface area contributed by atoms with E-state index in [2.05, 4.69) is 4.74 Å². The molecule has 1 saturated heterocycles. The SMILES string of the molecule is Cc1cccc2c1N(C1CCN(S(=O)(=O)c3ccc(OC(F)(F)F)cc3)CC1)C(=O)OC2. The van der Waals surface area contributed by atoms with Gasteiger partial charge in [0.2, 0.25) is 10.0 Å². The van der Waals surface area contributed by atoms with Gasteiger partial charge in [-0.25, -0.2) is 13.2 Å². The lowest BCUT2D eigenvalue weighted by Crippen LogP contribution is -2.50. The number of rotatable bonds is 4. The minimum absolute atomic E-state index is 0.121. The molecule has 2 aliphatic heterocycles. The third-order valence-electron chi connectivity index (χ3n) is 5.59. The van der Waals surface area contributed by atoms with Crippen LogP contribution in [0, 0.1) is 6.92 Å². The van der Waals surface area contributed by atoms with Gasteiger partial charge in [-0.3, -0.25) is 4.90 Å². The Hall–Kier alpha value is -2.79. The van der Waals surface area contributed by atoms with Crippen LogP contribution in [0.1, 0.15) is 24.0 Å². The first-order chi connectivity index (χ1) is 15.1. The van der Waals surface area contributed by atoms with Gasteiger partial charge in [-0.1, -0.05) is 18.2 Å². The predicted molar refractivity (Wildman–Crippen MR) is 109 cm³/mol. The first kappa shape index (κ1) is 22.4. The summed E-state index contributed by atoms with van der Waals surface area (Å²) in [6.07, 6.45) is -4.50. The molecule has 0 unspecified atom stereocenters. The third-order valence-corrected chi connectivity index (χ3v) is 7.51. The maximum absolute atomic E-state index is 12.9. The van der Waals surface area contributed by atoms with E-state index in [0.29, 0.717) is 12.8 Å². The van der Waals surface area contributed by atoms with Crippen molar-refractivity contribution in [2.75, 3.05) is 18.0 Å². The van der Waals surface area contributed by atoms with Gasteiger partial charge in [0.1, 0.15) is 12.4 Å². The predicted octanol–water partition coefficient (Wildman–Crippen LogP) is 4.20. The summed E-state index contributed by atoms with van der Waals surface area (Å²) in [5.41, 5.74) is 2.65. The zero-order chi connectivity index (χ0) is 23.1. The topological polar surface area (TPSA) is 76.2 Å². The van der Waals surface area contributed by atoms with Crippen molar-refractivity contribution < 1.29 is 35.9 Å². The maximum Gasteiger partial charge on any atom is 0.573 e. The number of piperidine rings is 1. The summed E-state index contributed by atoms with van der Waals surface area (Å²) in [5.74, 6) is -0.493. The first-order valence-electron chi connectivity index (χ1n) is 9.97. The van der Waals surface area contributed by atoms with E-state index in [0.717, 1.165) is 41.1 Å². The minimum atomic E-state index is -4.85. The van der Waals surface area contributed by atoms with Gasteiger partial charge in [-0.2, -0.15) is 4.31 Å². The van der Waals surface area contributed by atoms with Gasteiger partial charge in [0.15, 0.2) is 0 Å². The second-order valence-corrected chi connectivity index (χ2v) is 9.60. The molecule has 0 aliphatic carbocycles. The number of fused-ring (bicyclic) bond motifs is 1. The molecule has 2 aromatic rings. The molecule has 1 amide bonds. The monoisotopic (exact) mass is 470 g/mol. The molecule has 2 heterocycles. The molecule has 7 nitrogen and oxygen atoms in total. The van der Waals surface area contributed by atoms with Crippen molar-refractivity contribution in [1.29, 1.82) is 0 Å². The molecule has 32 heavy (non-hydrogen) atoms. The Kier molecular flexibility index (Phi) is 5.80. The summed E-state index contributed by atoms with van der Waals surface area (Å²) in [5, 5.41) is 0. The number of ether oxygens (including phenoxy) is 2. The summed E-state index contributed by atoms with van der Waals surface area (Å²) >= 11 is 0. The number of amides is 1. The number of cyclic esters (lactones) is 1. The Labute approximate surface area is 183 Å². The van der Waals surface area contributed by atoms with Crippen molar-refractivity contribution in [3.8, 4) is 5.75 Å². The van der Waals surface area contributed by atoms with E-state index in [1.54, 1.807) is 4.90 Å². The Morgan fingerprint density at radius 1 is 1.06 bits per heavy atom. The fourth-order valence-corrected chi connectivity index (χ4v) is 5.59. The van der Waals surface area contributed by atoms with Crippen LogP contribution in [0.5, 0.6) is 5.75 Å². The highest BCUT2D eigenvalue weighted by atomic mass is 32.2. The summed E-state index contributed by atoms with van der Waals surface area (Å²) in [6.45, 7) is 2.45. The highest BCUT2D eigenvalue weighted by Crippen LogP contribution is 2.35. The molecule has 0 atom stereocenters. The van der Waals surface area contributed by atoms with Crippen LogP contribution in [0.2, 0.25) is 0 Å². The van der Waals surface area contributed by atoms with Gasteiger partial charge in [0.25, 0.3) is 0 Å². The summed E-state index contributed by atoms with van der Waals surface area (Å²) in [4.78, 5) is 14.0. The van der Waals surface area contributed by atoms with Crippen LogP contribution >= 0.6 is 0 Å². The summed E-state index contributed by atoms with van der Waals surface area (Å²) < 4.78 is 73.2. The van der Waals surface area contributed by atoms with Crippen molar-refractivity contribution in [2.45, 2.75) is 43.7 Å². The van der Waals surface area contributed by atoms with Crippen LogP contribution in [-0.2, 0) is 21.4 Å². The molecule has 4 rings (SSSR count). The second kappa shape index (κ2) is 8.28. The highest BCUT2D eigenvalue weighted by Gasteiger charge is 2.38. The fourth-order valence-electron chi connectivity index (χ4n) is 4.12. The third kappa shape index (κ3) is 4.40. The van der Waals surface area contributed by atoms with Crippen molar-refractivity contribution in [2.24, 2.45) is 0 Å². The van der Waals surface area contributed by atoms with Crippen molar-refractivity contribution >= 4 is 21.8 Å². The number of anilines is 1. The number of halogens is 3. The number of aryl methyl sites for hydroxylation is 1. The number of carbonyl (C=O) groups is 1. The fraction of sp³-hybridized carbons (Fsp3) is 0.381. The summed E-state index contributed by atoms with van der Waals surface area (Å²) in [6, 6.07) is 9.59. The molecule has 0 radical (unpaired) electrons. The smallest absolute Gasteiger partial charge is 0.444 e. The molecule has 0 aromatic heterocycles. The molecule has 0 saturated carbocycles. The molecular weight excluding hydrogens is 449 g/mol. The van der Waals surface area contributed by atoms with Crippen molar-refractivity contribution in [3.63, 3.8) is 0 Å². The number of hydrogen-bond acceptors (Lipinski definition) is 5. The van der Waals surface area contributed by atoms with E-state index in [9.17, 15) is 26.4 Å². The number of alkyl halides is 3. The van der Waals surface area contributed by atoms with Crippen LogP contribution in [0.25, 0.3) is 0 Å². The number of nitrogens with zero attached hydrogens (tertiary/aromatic N) is 2. The highest BCUT2D eigenvalue weighted by molar-refractivity contribution is 7.89. The van der Waals surface area contributed by atoms with Gasteiger partial charge in [0, 0.05) is 24.7 Å². The zero-order valence-electron chi connectivity index (χ0n) is 17.1. The number of benzene rings is 2. The van der Waals surface area contributed by atoms with E-state index in [4.69, 9.17) is 4.74 Å². The maximum atomic E-state index is 12.9. The molecule has 1 fully saturated rings. The molecule has 172 valence electrons. The lowest BCUT2D eigenvalue weighted by atomic mass is 10.00. The second-order valence-electron chi connectivity index (χ2n) is 7.66. The van der Waals surface area contributed by atoms with Crippen molar-refractivity contribution in [1.82, 2.24) is 4.31 Å². The van der Waals surface area contributed by atoms with Gasteiger partial charge in [0.05, 0.1) is 10.6 Å². The van der Waals surface area contributed by atoms with Gasteiger partial charge in [-0.15, -0.1) is 13.2 Å². The minimum Gasteiger partial charge on any atom is -0.444 e. The average Bonchev–Trinajstić information content (AvgIpc) is 2.74. The molecule has 2 aliphatic rings. The Morgan fingerprint density at radius 2 is 1.72 bits per heavy atom. The number of hydrogen-bond donors (Lipinski definition) is 0. The zero-order valence-corrected chi connectivity index (χ0v) is 17.9. The molecule has 2 aromatic carbocycles. The van der Waals surface area contributed by atoms with E-state index >= 15 is 0 Å².